The van der Waals surface area contributed by atoms with Crippen molar-refractivity contribution >= 4 is 40.0 Å². The smallest absolute Gasteiger partial charge is 0.335 e. The number of anilines is 1. The topological polar surface area (TPSA) is 125 Å². The molecule has 1 amide bonds. The maximum Gasteiger partial charge on any atom is 0.335 e. The number of aromatic hydroxyl groups is 1. The summed E-state index contributed by atoms with van der Waals surface area (Å²) in [6.45, 7) is 4.68. The SMILES string of the molecule is CN1CCN(CC(=O)N2CCc3nc(N=C(c4ccccc4)c4c(O)[nH]c5cc(C(=O)O)ccc45)ccc32)CC1. The average Bonchev–Trinajstić information content (AvgIpc) is 3.53. The number of amides is 1. The summed E-state index contributed by atoms with van der Waals surface area (Å²) >= 11 is 0. The third-order valence-electron chi connectivity index (χ3n) is 7.59. The van der Waals surface area contributed by atoms with Gasteiger partial charge in [-0.1, -0.05) is 36.4 Å². The van der Waals surface area contributed by atoms with Gasteiger partial charge in [-0.3, -0.25) is 9.69 Å². The fourth-order valence-corrected chi connectivity index (χ4v) is 5.39. The van der Waals surface area contributed by atoms with Crippen molar-refractivity contribution in [3.05, 3.63) is 83.0 Å². The van der Waals surface area contributed by atoms with Crippen molar-refractivity contribution in [2.45, 2.75) is 6.42 Å². The Balaban J connectivity index is 1.34. The van der Waals surface area contributed by atoms with Crippen LogP contribution in [0.2, 0.25) is 0 Å². The largest absolute Gasteiger partial charge is 0.494 e. The summed E-state index contributed by atoms with van der Waals surface area (Å²) in [6, 6.07) is 17.8. The highest BCUT2D eigenvalue weighted by atomic mass is 16.4. The highest BCUT2D eigenvalue weighted by Gasteiger charge is 2.28. The Hall–Kier alpha value is -4.54. The molecule has 204 valence electrons. The lowest BCUT2D eigenvalue weighted by Crippen LogP contribution is -2.48. The number of nitrogens with one attached hydrogen (secondary N) is 1. The van der Waals surface area contributed by atoms with E-state index in [4.69, 9.17) is 9.98 Å². The molecule has 2 aromatic carbocycles. The number of benzene rings is 2. The minimum atomic E-state index is -1.05. The van der Waals surface area contributed by atoms with Crippen LogP contribution in [-0.2, 0) is 11.2 Å². The third-order valence-corrected chi connectivity index (χ3v) is 7.59. The summed E-state index contributed by atoms with van der Waals surface area (Å²) in [7, 11) is 2.10. The van der Waals surface area contributed by atoms with Gasteiger partial charge in [0.15, 0.2) is 11.7 Å². The molecule has 0 spiro atoms. The molecule has 3 N–H and O–H groups in total. The van der Waals surface area contributed by atoms with E-state index in [0.717, 1.165) is 43.1 Å². The van der Waals surface area contributed by atoms with E-state index in [1.165, 1.54) is 12.1 Å². The molecule has 1 saturated heterocycles. The second-order valence-corrected chi connectivity index (χ2v) is 10.3. The van der Waals surface area contributed by atoms with Gasteiger partial charge < -0.3 is 25.0 Å². The number of pyridine rings is 1. The first-order valence-corrected chi connectivity index (χ1v) is 13.3. The molecule has 0 aliphatic carbocycles. The van der Waals surface area contributed by atoms with Gasteiger partial charge in [-0.05, 0) is 31.3 Å². The lowest BCUT2D eigenvalue weighted by molar-refractivity contribution is -0.120. The van der Waals surface area contributed by atoms with Crippen molar-refractivity contribution in [1.29, 1.82) is 0 Å². The number of aliphatic imine (C=N–C) groups is 1. The van der Waals surface area contributed by atoms with Crippen LogP contribution < -0.4 is 4.90 Å². The van der Waals surface area contributed by atoms with Crippen LogP contribution in [0.25, 0.3) is 10.9 Å². The predicted molar refractivity (Wildman–Crippen MR) is 153 cm³/mol. The lowest BCUT2D eigenvalue weighted by atomic mass is 10.00. The Kier molecular flexibility index (Phi) is 6.79. The standard InChI is InChI=1S/C30H30N6O4/c1-34-13-15-35(16-14-34)18-26(37)36-12-11-22-24(36)9-10-25(31-22)33-28(19-5-3-2-4-6-19)27-21-8-7-20(30(39)40)17-23(21)32-29(27)38/h2-10,17,32,38H,11-16,18H2,1H3,(H,39,40). The molecule has 4 aromatic rings. The molecule has 2 aliphatic heterocycles. The van der Waals surface area contributed by atoms with Crippen LogP contribution >= 0.6 is 0 Å². The second kappa shape index (κ2) is 10.6. The Morgan fingerprint density at radius 1 is 0.975 bits per heavy atom. The number of piperazine rings is 1. The normalized spacial score (nSPS) is 16.4. The number of carbonyl (C=O) groups excluding carboxylic acids is 1. The molecule has 1 fully saturated rings. The van der Waals surface area contributed by atoms with Gasteiger partial charge in [-0.25, -0.2) is 14.8 Å². The molecular formula is C30H30N6O4. The number of rotatable bonds is 6. The van der Waals surface area contributed by atoms with Gasteiger partial charge in [0.2, 0.25) is 5.91 Å². The zero-order valence-electron chi connectivity index (χ0n) is 22.2. The molecular weight excluding hydrogens is 508 g/mol. The van der Waals surface area contributed by atoms with Gasteiger partial charge in [0, 0.05) is 55.6 Å². The van der Waals surface area contributed by atoms with E-state index in [9.17, 15) is 19.8 Å². The van der Waals surface area contributed by atoms with Gasteiger partial charge in [-0.2, -0.15) is 0 Å². The number of aromatic amines is 1. The number of hydrogen-bond donors (Lipinski definition) is 3. The van der Waals surface area contributed by atoms with E-state index in [1.54, 1.807) is 12.1 Å². The molecule has 0 radical (unpaired) electrons. The highest BCUT2D eigenvalue weighted by molar-refractivity contribution is 6.22. The third kappa shape index (κ3) is 4.94. The van der Waals surface area contributed by atoms with Gasteiger partial charge >= 0.3 is 5.97 Å². The summed E-state index contributed by atoms with van der Waals surface area (Å²) < 4.78 is 0. The van der Waals surface area contributed by atoms with E-state index < -0.39 is 5.97 Å². The summed E-state index contributed by atoms with van der Waals surface area (Å²) in [5.41, 5.74) is 3.97. The van der Waals surface area contributed by atoms with Crippen molar-refractivity contribution in [2.75, 3.05) is 51.2 Å². The number of H-pyrrole nitrogens is 1. The number of aromatic nitrogens is 2. The van der Waals surface area contributed by atoms with Gasteiger partial charge in [0.1, 0.15) is 0 Å². The van der Waals surface area contributed by atoms with E-state index >= 15 is 0 Å². The Morgan fingerprint density at radius 2 is 1.75 bits per heavy atom. The summed E-state index contributed by atoms with van der Waals surface area (Å²) in [6.07, 6.45) is 0.643. The molecule has 2 aromatic heterocycles. The molecule has 2 aliphatic rings. The minimum absolute atomic E-state index is 0.0794. The van der Waals surface area contributed by atoms with Crippen molar-refractivity contribution < 1.29 is 19.8 Å². The number of aromatic carboxylic acids is 1. The van der Waals surface area contributed by atoms with Crippen LogP contribution in [0.15, 0.2) is 65.7 Å². The second-order valence-electron chi connectivity index (χ2n) is 10.3. The van der Waals surface area contributed by atoms with Gasteiger partial charge in [-0.15, -0.1) is 0 Å². The van der Waals surface area contributed by atoms with Crippen LogP contribution in [0.4, 0.5) is 11.5 Å². The fraction of sp³-hybridized carbons (Fsp3) is 0.267. The summed E-state index contributed by atoms with van der Waals surface area (Å²) in [4.78, 5) is 43.5. The quantitative estimate of drug-likeness (QED) is 0.322. The average molecular weight is 539 g/mol. The van der Waals surface area contributed by atoms with E-state index in [0.29, 0.717) is 47.5 Å². The molecule has 10 heteroatoms. The lowest BCUT2D eigenvalue weighted by Gasteiger charge is -2.32. The summed E-state index contributed by atoms with van der Waals surface area (Å²) in [5.74, 6) is -0.618. The van der Waals surface area contributed by atoms with Gasteiger partial charge in [0.05, 0.1) is 34.8 Å². The first-order valence-electron chi connectivity index (χ1n) is 13.3. The number of carbonyl (C=O) groups is 2. The molecule has 0 unspecified atom stereocenters. The predicted octanol–water partition coefficient (Wildman–Crippen LogP) is 3.27. The molecule has 0 saturated carbocycles. The Labute approximate surface area is 231 Å². The molecule has 0 atom stereocenters. The number of fused-ring (bicyclic) bond motifs is 2. The Morgan fingerprint density at radius 3 is 2.50 bits per heavy atom. The summed E-state index contributed by atoms with van der Waals surface area (Å²) in [5, 5.41) is 21.0. The molecule has 4 heterocycles. The number of likely N-dealkylation sites (N-methyl/N-ethyl adjacent to an activating group) is 1. The molecule has 40 heavy (non-hydrogen) atoms. The van der Waals surface area contributed by atoms with Crippen molar-refractivity contribution in [3.63, 3.8) is 0 Å². The zero-order valence-corrected chi connectivity index (χ0v) is 22.2. The van der Waals surface area contributed by atoms with E-state index in [-0.39, 0.29) is 17.4 Å². The molecule has 0 bridgehead atoms. The first kappa shape index (κ1) is 25.7. The number of hydrogen-bond acceptors (Lipinski definition) is 7. The zero-order chi connectivity index (χ0) is 27.8. The van der Waals surface area contributed by atoms with Crippen molar-refractivity contribution in [2.24, 2.45) is 4.99 Å². The minimum Gasteiger partial charge on any atom is -0.494 e. The number of nitrogens with zero attached hydrogens (tertiary/aromatic N) is 5. The monoisotopic (exact) mass is 538 g/mol. The molecule has 10 nitrogen and oxygen atoms in total. The first-order chi connectivity index (χ1) is 19.4. The Bertz CT molecular complexity index is 1620. The number of carboxylic acid groups (broad SMARTS) is 1. The highest BCUT2D eigenvalue weighted by Crippen LogP contribution is 2.33. The van der Waals surface area contributed by atoms with Crippen LogP contribution in [0.5, 0.6) is 5.88 Å². The van der Waals surface area contributed by atoms with Crippen molar-refractivity contribution in [3.8, 4) is 5.88 Å². The van der Waals surface area contributed by atoms with E-state index in [2.05, 4.69) is 21.8 Å². The van der Waals surface area contributed by atoms with Crippen LogP contribution in [0.1, 0.15) is 27.2 Å². The van der Waals surface area contributed by atoms with Crippen LogP contribution in [-0.4, -0.2) is 93.9 Å². The maximum absolute atomic E-state index is 13.1. The van der Waals surface area contributed by atoms with Gasteiger partial charge in [0.25, 0.3) is 0 Å². The maximum atomic E-state index is 13.1. The van der Waals surface area contributed by atoms with Crippen LogP contribution in [0.3, 0.4) is 0 Å². The fourth-order valence-electron chi connectivity index (χ4n) is 5.39. The molecule has 6 rings (SSSR count). The van der Waals surface area contributed by atoms with E-state index in [1.807, 2.05) is 41.3 Å². The number of carboxylic acids is 1. The van der Waals surface area contributed by atoms with Crippen LogP contribution in [0, 0.1) is 0 Å². The van der Waals surface area contributed by atoms with Crippen molar-refractivity contribution in [1.82, 2.24) is 19.8 Å².